The van der Waals surface area contributed by atoms with Gasteiger partial charge < -0.3 is 9.47 Å². The third kappa shape index (κ3) is 5.39. The quantitative estimate of drug-likeness (QED) is 0.584. The van der Waals surface area contributed by atoms with Crippen molar-refractivity contribution in [2.24, 2.45) is 5.92 Å². The average molecular weight is 399 g/mol. The summed E-state index contributed by atoms with van der Waals surface area (Å²) in [7, 11) is 0. The maximum atomic E-state index is 13.0. The van der Waals surface area contributed by atoms with Gasteiger partial charge in [-0.15, -0.1) is 0 Å². The number of aromatic nitrogens is 1. The van der Waals surface area contributed by atoms with Crippen molar-refractivity contribution in [2.45, 2.75) is 82.9 Å². The first kappa shape index (κ1) is 20.9. The fraction of sp³-hybridized carbons (Fsp3) is 0.714. The van der Waals surface area contributed by atoms with Gasteiger partial charge in [0, 0.05) is 17.8 Å². The minimum Gasteiger partial charge on any atom is -0.484 e. The van der Waals surface area contributed by atoms with Gasteiger partial charge in [-0.3, -0.25) is 9.78 Å². The third-order valence-corrected chi connectivity index (χ3v) is 5.11. The van der Waals surface area contributed by atoms with E-state index in [0.29, 0.717) is 23.6 Å². The number of carbonyl (C=O) groups excluding carboxylic acids is 1. The highest BCUT2D eigenvalue weighted by molar-refractivity contribution is 5.82. The van der Waals surface area contributed by atoms with Crippen LogP contribution in [0.3, 0.4) is 0 Å². The van der Waals surface area contributed by atoms with Crippen LogP contribution in [0.1, 0.15) is 77.0 Å². The van der Waals surface area contributed by atoms with Gasteiger partial charge in [0.05, 0.1) is 5.69 Å². The Bertz CT molecular complexity index is 733. The fourth-order valence-electron chi connectivity index (χ4n) is 3.32. The van der Waals surface area contributed by atoms with Crippen LogP contribution in [0.25, 0.3) is 0 Å². The van der Waals surface area contributed by atoms with Crippen molar-refractivity contribution in [1.29, 1.82) is 0 Å². The normalized spacial score (nSPS) is 19.8. The van der Waals surface area contributed by atoms with E-state index in [2.05, 4.69) is 4.98 Å². The van der Waals surface area contributed by atoms with Crippen LogP contribution in [0.2, 0.25) is 0 Å². The Hall–Kier alpha value is -1.79. The lowest BCUT2D eigenvalue weighted by molar-refractivity contribution is -0.162. The summed E-state index contributed by atoms with van der Waals surface area (Å²) in [6.45, 7) is 5.80. The Morgan fingerprint density at radius 3 is 2.29 bits per heavy atom. The molecule has 0 N–H and O–H groups in total. The second-order valence-electron chi connectivity index (χ2n) is 9.27. The van der Waals surface area contributed by atoms with Crippen LogP contribution in [0, 0.1) is 5.92 Å². The summed E-state index contributed by atoms with van der Waals surface area (Å²) < 4.78 is 48.9. The second kappa shape index (κ2) is 7.23. The molecule has 0 aliphatic heterocycles. The molecule has 0 bridgehead atoms. The van der Waals surface area contributed by atoms with Gasteiger partial charge in [0.25, 0.3) is 0 Å². The van der Waals surface area contributed by atoms with Crippen LogP contribution in [0.15, 0.2) is 12.3 Å². The van der Waals surface area contributed by atoms with Crippen molar-refractivity contribution in [3.63, 3.8) is 0 Å². The monoisotopic (exact) mass is 399 g/mol. The zero-order chi connectivity index (χ0) is 20.7. The highest BCUT2D eigenvalue weighted by atomic mass is 19.4. The van der Waals surface area contributed by atoms with Crippen molar-refractivity contribution < 1.29 is 27.4 Å². The molecule has 0 amide bonds. The largest absolute Gasteiger partial charge is 0.484 e. The molecule has 0 spiro atoms. The molecule has 2 aliphatic rings. The maximum Gasteiger partial charge on any atom is 0.422 e. The lowest BCUT2D eigenvalue weighted by atomic mass is 9.80. The average Bonchev–Trinajstić information content (AvgIpc) is 3.44. The van der Waals surface area contributed by atoms with Gasteiger partial charge in [0.15, 0.2) is 6.61 Å². The van der Waals surface area contributed by atoms with Crippen LogP contribution in [-0.4, -0.2) is 29.3 Å². The molecule has 2 saturated carbocycles. The first-order valence-electron chi connectivity index (χ1n) is 9.81. The molecule has 1 unspecified atom stereocenters. The molecular weight excluding hydrogens is 371 g/mol. The number of hydrogen-bond acceptors (Lipinski definition) is 4. The van der Waals surface area contributed by atoms with Crippen molar-refractivity contribution in [3.8, 4) is 5.75 Å². The zero-order valence-electron chi connectivity index (χ0n) is 16.9. The van der Waals surface area contributed by atoms with E-state index in [0.717, 1.165) is 25.7 Å². The van der Waals surface area contributed by atoms with Crippen LogP contribution in [0.4, 0.5) is 13.2 Å². The van der Waals surface area contributed by atoms with E-state index in [1.165, 1.54) is 6.07 Å². The van der Waals surface area contributed by atoms with Gasteiger partial charge in [0.2, 0.25) is 0 Å². The topological polar surface area (TPSA) is 48.4 Å². The van der Waals surface area contributed by atoms with Gasteiger partial charge in [-0.25, -0.2) is 0 Å². The van der Waals surface area contributed by atoms with Gasteiger partial charge >= 0.3 is 12.1 Å². The third-order valence-electron chi connectivity index (χ3n) is 5.11. The number of pyridine rings is 1. The number of halogens is 3. The lowest BCUT2D eigenvalue weighted by Crippen LogP contribution is -2.40. The predicted octanol–water partition coefficient (Wildman–Crippen LogP) is 5.30. The molecular formula is C21H28F3NO3. The van der Waals surface area contributed by atoms with Crippen LogP contribution in [-0.2, 0) is 14.9 Å². The minimum absolute atomic E-state index is 0.176. The summed E-state index contributed by atoms with van der Waals surface area (Å²) in [4.78, 5) is 17.5. The Kier molecular flexibility index (Phi) is 5.40. The molecule has 0 radical (unpaired) electrons. The van der Waals surface area contributed by atoms with E-state index < -0.39 is 29.8 Å². The Morgan fingerprint density at radius 1 is 1.14 bits per heavy atom. The number of esters is 1. The van der Waals surface area contributed by atoms with E-state index in [1.807, 2.05) is 0 Å². The first-order chi connectivity index (χ1) is 12.9. The van der Waals surface area contributed by atoms with E-state index >= 15 is 0 Å². The van der Waals surface area contributed by atoms with Crippen molar-refractivity contribution in [3.05, 3.63) is 23.5 Å². The van der Waals surface area contributed by atoms with Crippen molar-refractivity contribution in [2.75, 3.05) is 6.61 Å². The first-order valence-corrected chi connectivity index (χ1v) is 9.81. The number of carbonyl (C=O) groups is 1. The van der Waals surface area contributed by atoms with Gasteiger partial charge in [-0.05, 0) is 58.8 Å². The Balaban J connectivity index is 1.93. The second-order valence-corrected chi connectivity index (χ2v) is 9.27. The summed E-state index contributed by atoms with van der Waals surface area (Å²) >= 11 is 0. The summed E-state index contributed by atoms with van der Waals surface area (Å²) in [5.74, 6) is 0.360. The minimum atomic E-state index is -4.42. The highest BCUT2D eigenvalue weighted by Crippen LogP contribution is 2.47. The molecule has 0 aromatic carbocycles. The number of ether oxygens (including phenoxy) is 2. The molecule has 1 atom stereocenters. The molecule has 3 rings (SSSR count). The number of alkyl halides is 3. The van der Waals surface area contributed by atoms with Crippen LogP contribution in [0.5, 0.6) is 5.75 Å². The van der Waals surface area contributed by atoms with Gasteiger partial charge in [-0.1, -0.05) is 12.8 Å². The summed E-state index contributed by atoms with van der Waals surface area (Å²) in [5, 5.41) is 0. The van der Waals surface area contributed by atoms with Crippen LogP contribution >= 0.6 is 0 Å². The number of rotatable bonds is 7. The fourth-order valence-corrected chi connectivity index (χ4v) is 3.32. The van der Waals surface area contributed by atoms with Gasteiger partial charge in [-0.2, -0.15) is 13.2 Å². The van der Waals surface area contributed by atoms with Crippen molar-refractivity contribution >= 4 is 5.97 Å². The van der Waals surface area contributed by atoms with Gasteiger partial charge in [0.1, 0.15) is 16.8 Å². The smallest absolute Gasteiger partial charge is 0.422 e. The molecule has 1 aromatic heterocycles. The molecule has 0 saturated heterocycles. The predicted molar refractivity (Wildman–Crippen MR) is 98.3 cm³/mol. The van der Waals surface area contributed by atoms with Crippen LogP contribution < -0.4 is 4.74 Å². The molecule has 1 heterocycles. The molecule has 156 valence electrons. The lowest BCUT2D eigenvalue weighted by Gasteiger charge is -2.31. The molecule has 2 aliphatic carbocycles. The molecule has 4 nitrogen and oxygen atoms in total. The molecule has 28 heavy (non-hydrogen) atoms. The molecule has 1 aromatic rings. The number of nitrogens with zero attached hydrogens (tertiary/aromatic N) is 1. The van der Waals surface area contributed by atoms with E-state index in [9.17, 15) is 18.0 Å². The SMILES string of the molecule is CC(C)(C)OC(=O)C(C)(CC1CC1)c1cc(OCC(F)(F)F)c(C2CC2)cn1. The standard InChI is InChI=1S/C21H28F3NO3/c1-19(2,3)28-18(26)20(4,10-13-5-6-13)17-9-16(27-12-21(22,23)24)15(11-25-17)14-7-8-14/h9,11,13-14H,5-8,10,12H2,1-4H3. The zero-order valence-corrected chi connectivity index (χ0v) is 16.9. The van der Waals surface area contributed by atoms with E-state index in [4.69, 9.17) is 9.47 Å². The Labute approximate surface area is 163 Å². The highest BCUT2D eigenvalue weighted by Gasteiger charge is 2.45. The summed E-state index contributed by atoms with van der Waals surface area (Å²) in [5.41, 5.74) is -0.584. The summed E-state index contributed by atoms with van der Waals surface area (Å²) in [6, 6.07) is 1.52. The van der Waals surface area contributed by atoms with E-state index in [1.54, 1.807) is 33.9 Å². The summed E-state index contributed by atoms with van der Waals surface area (Å²) in [6.07, 6.45) is 1.62. The number of hydrogen-bond donors (Lipinski definition) is 0. The Morgan fingerprint density at radius 2 is 1.79 bits per heavy atom. The van der Waals surface area contributed by atoms with E-state index in [-0.39, 0.29) is 11.7 Å². The van der Waals surface area contributed by atoms with Crippen molar-refractivity contribution in [1.82, 2.24) is 4.98 Å². The molecule has 2 fully saturated rings. The molecule has 7 heteroatoms. The maximum absolute atomic E-state index is 13.0.